The third kappa shape index (κ3) is 5.87. The van der Waals surface area contributed by atoms with Gasteiger partial charge >= 0.3 is 0 Å². The van der Waals surface area contributed by atoms with Crippen LogP contribution in [0.1, 0.15) is 34.1 Å². The number of hydrogen-bond acceptors (Lipinski definition) is 3. The second kappa shape index (κ2) is 8.36. The zero-order valence-electron chi connectivity index (χ0n) is 12.3. The van der Waals surface area contributed by atoms with Crippen LogP contribution in [0.2, 0.25) is 0 Å². The van der Waals surface area contributed by atoms with Gasteiger partial charge in [-0.25, -0.2) is 0 Å². The quantitative estimate of drug-likeness (QED) is 0.723. The standard InChI is InChI=1S/C14H29ClN2O/c1-11(2)7-13(8-15)16-9-14-10-17(12(3)4)5-6-18-14/h11-14,16H,5-10H2,1-4H3. The molecule has 0 saturated carbocycles. The molecule has 1 heterocycles. The molecule has 1 aliphatic rings. The van der Waals surface area contributed by atoms with Gasteiger partial charge in [-0.2, -0.15) is 0 Å². The van der Waals surface area contributed by atoms with Gasteiger partial charge in [-0.05, 0) is 26.2 Å². The lowest BCUT2D eigenvalue weighted by atomic mass is 10.0. The highest BCUT2D eigenvalue weighted by molar-refractivity contribution is 6.18. The van der Waals surface area contributed by atoms with Crippen LogP contribution in [-0.2, 0) is 4.74 Å². The third-order valence-corrected chi connectivity index (χ3v) is 3.85. The summed E-state index contributed by atoms with van der Waals surface area (Å²) < 4.78 is 5.81. The molecule has 1 aliphatic heterocycles. The summed E-state index contributed by atoms with van der Waals surface area (Å²) in [5.74, 6) is 1.36. The van der Waals surface area contributed by atoms with Crippen molar-refractivity contribution >= 4 is 11.6 Å². The Kier molecular flexibility index (Phi) is 7.54. The maximum atomic E-state index is 5.99. The smallest absolute Gasteiger partial charge is 0.0826 e. The van der Waals surface area contributed by atoms with Crippen molar-refractivity contribution in [3.8, 4) is 0 Å². The third-order valence-electron chi connectivity index (χ3n) is 3.48. The van der Waals surface area contributed by atoms with E-state index in [1.54, 1.807) is 0 Å². The zero-order valence-corrected chi connectivity index (χ0v) is 13.0. The molecular formula is C14H29ClN2O. The number of nitrogens with one attached hydrogen (secondary N) is 1. The van der Waals surface area contributed by atoms with Gasteiger partial charge in [-0.1, -0.05) is 13.8 Å². The molecule has 18 heavy (non-hydrogen) atoms. The molecule has 1 N–H and O–H groups in total. The molecule has 0 amide bonds. The van der Waals surface area contributed by atoms with Crippen molar-refractivity contribution in [2.45, 2.75) is 52.3 Å². The molecule has 108 valence electrons. The minimum Gasteiger partial charge on any atom is -0.374 e. The molecule has 0 aromatic carbocycles. The molecule has 0 bridgehead atoms. The van der Waals surface area contributed by atoms with Crippen LogP contribution >= 0.6 is 11.6 Å². The highest BCUT2D eigenvalue weighted by Gasteiger charge is 2.22. The summed E-state index contributed by atoms with van der Waals surface area (Å²) >= 11 is 5.99. The maximum absolute atomic E-state index is 5.99. The van der Waals surface area contributed by atoms with Crippen molar-refractivity contribution in [2.24, 2.45) is 5.92 Å². The van der Waals surface area contributed by atoms with Crippen LogP contribution in [0.5, 0.6) is 0 Å². The first-order chi connectivity index (χ1) is 8.52. The lowest BCUT2D eigenvalue weighted by Gasteiger charge is -2.36. The van der Waals surface area contributed by atoms with Crippen LogP contribution in [0.4, 0.5) is 0 Å². The van der Waals surface area contributed by atoms with Crippen LogP contribution in [0, 0.1) is 5.92 Å². The van der Waals surface area contributed by atoms with Crippen molar-refractivity contribution in [3.05, 3.63) is 0 Å². The average molecular weight is 277 g/mol. The number of nitrogens with zero attached hydrogens (tertiary/aromatic N) is 1. The zero-order chi connectivity index (χ0) is 13.5. The lowest BCUT2D eigenvalue weighted by Crippen LogP contribution is -2.50. The molecule has 0 spiro atoms. The fraction of sp³-hybridized carbons (Fsp3) is 1.00. The van der Waals surface area contributed by atoms with Gasteiger partial charge < -0.3 is 10.1 Å². The minimum atomic E-state index is 0.305. The molecule has 0 aromatic rings. The predicted molar refractivity (Wildman–Crippen MR) is 78.4 cm³/mol. The number of hydrogen-bond donors (Lipinski definition) is 1. The van der Waals surface area contributed by atoms with Gasteiger partial charge in [0.1, 0.15) is 0 Å². The molecule has 0 aromatic heterocycles. The molecule has 2 atom stereocenters. The highest BCUT2D eigenvalue weighted by atomic mass is 35.5. The Balaban J connectivity index is 2.28. The van der Waals surface area contributed by atoms with E-state index in [4.69, 9.17) is 16.3 Å². The largest absolute Gasteiger partial charge is 0.374 e. The highest BCUT2D eigenvalue weighted by Crippen LogP contribution is 2.10. The Labute approximate surface area is 117 Å². The maximum Gasteiger partial charge on any atom is 0.0826 e. The first-order valence-electron chi connectivity index (χ1n) is 7.18. The Bertz CT molecular complexity index is 224. The van der Waals surface area contributed by atoms with E-state index in [-0.39, 0.29) is 0 Å². The van der Waals surface area contributed by atoms with Gasteiger partial charge in [0.2, 0.25) is 0 Å². The summed E-state index contributed by atoms with van der Waals surface area (Å²) in [4.78, 5) is 2.48. The van der Waals surface area contributed by atoms with Gasteiger partial charge in [0.05, 0.1) is 12.7 Å². The van der Waals surface area contributed by atoms with E-state index in [9.17, 15) is 0 Å². The van der Waals surface area contributed by atoms with Gasteiger partial charge in [0.15, 0.2) is 0 Å². The molecule has 1 rings (SSSR count). The molecular weight excluding hydrogens is 248 g/mol. The second-order valence-corrected chi connectivity index (χ2v) is 6.28. The number of alkyl halides is 1. The Hall–Kier alpha value is 0.170. The van der Waals surface area contributed by atoms with Crippen molar-refractivity contribution in [1.82, 2.24) is 10.2 Å². The first kappa shape index (κ1) is 16.2. The van der Waals surface area contributed by atoms with Crippen LogP contribution in [-0.4, -0.2) is 55.2 Å². The molecule has 2 unspecified atom stereocenters. The Morgan fingerprint density at radius 1 is 1.33 bits per heavy atom. The fourth-order valence-corrected chi connectivity index (χ4v) is 2.64. The van der Waals surface area contributed by atoms with E-state index < -0.39 is 0 Å². The molecule has 0 radical (unpaired) electrons. The monoisotopic (exact) mass is 276 g/mol. The van der Waals surface area contributed by atoms with Crippen molar-refractivity contribution in [3.63, 3.8) is 0 Å². The molecule has 1 fully saturated rings. The van der Waals surface area contributed by atoms with Gasteiger partial charge in [-0.15, -0.1) is 11.6 Å². The summed E-state index contributed by atoms with van der Waals surface area (Å²) in [5.41, 5.74) is 0. The average Bonchev–Trinajstić information content (AvgIpc) is 2.34. The van der Waals surface area contributed by atoms with E-state index >= 15 is 0 Å². The fourth-order valence-electron chi connectivity index (χ4n) is 2.40. The van der Waals surface area contributed by atoms with Crippen LogP contribution < -0.4 is 5.32 Å². The summed E-state index contributed by atoms with van der Waals surface area (Å²) in [6, 6.07) is 1.01. The topological polar surface area (TPSA) is 24.5 Å². The number of morpholine rings is 1. The molecule has 0 aliphatic carbocycles. The second-order valence-electron chi connectivity index (χ2n) is 5.97. The SMILES string of the molecule is CC(C)CC(CCl)NCC1CN(C(C)C)CCO1. The molecule has 4 heteroatoms. The van der Waals surface area contributed by atoms with Crippen molar-refractivity contribution < 1.29 is 4.74 Å². The van der Waals surface area contributed by atoms with E-state index in [1.165, 1.54) is 0 Å². The summed E-state index contributed by atoms with van der Waals surface area (Å²) in [6.07, 6.45) is 1.43. The molecule has 1 saturated heterocycles. The van der Waals surface area contributed by atoms with E-state index in [2.05, 4.69) is 37.9 Å². The Morgan fingerprint density at radius 3 is 2.61 bits per heavy atom. The summed E-state index contributed by atoms with van der Waals surface area (Å²) in [6.45, 7) is 12.8. The van der Waals surface area contributed by atoms with Crippen LogP contribution in [0.25, 0.3) is 0 Å². The summed E-state index contributed by atoms with van der Waals surface area (Å²) in [5, 5.41) is 3.55. The first-order valence-corrected chi connectivity index (χ1v) is 7.71. The van der Waals surface area contributed by atoms with Crippen molar-refractivity contribution in [2.75, 3.05) is 32.1 Å². The number of halogens is 1. The number of ether oxygens (including phenoxy) is 1. The Morgan fingerprint density at radius 2 is 2.06 bits per heavy atom. The molecule has 3 nitrogen and oxygen atoms in total. The minimum absolute atomic E-state index is 0.305. The lowest BCUT2D eigenvalue weighted by molar-refractivity contribution is -0.0380. The van der Waals surface area contributed by atoms with Gasteiger partial charge in [0, 0.05) is 37.6 Å². The van der Waals surface area contributed by atoms with Gasteiger partial charge in [-0.3, -0.25) is 4.90 Å². The van der Waals surface area contributed by atoms with E-state index in [0.29, 0.717) is 30.0 Å². The summed E-state index contributed by atoms with van der Waals surface area (Å²) in [7, 11) is 0. The van der Waals surface area contributed by atoms with Crippen LogP contribution in [0.15, 0.2) is 0 Å². The number of rotatable bonds is 7. The van der Waals surface area contributed by atoms with E-state index in [0.717, 1.165) is 32.7 Å². The van der Waals surface area contributed by atoms with E-state index in [1.807, 2.05) is 0 Å². The van der Waals surface area contributed by atoms with Crippen LogP contribution in [0.3, 0.4) is 0 Å². The van der Waals surface area contributed by atoms with Crippen molar-refractivity contribution in [1.29, 1.82) is 0 Å². The van der Waals surface area contributed by atoms with Gasteiger partial charge in [0.25, 0.3) is 0 Å². The normalized spacial score (nSPS) is 23.8. The predicted octanol–water partition coefficient (Wildman–Crippen LogP) is 2.34.